The summed E-state index contributed by atoms with van der Waals surface area (Å²) >= 11 is 13.7. The Morgan fingerprint density at radius 3 is 2.38 bits per heavy atom. The molecule has 5 rings (SSSR count). The average Bonchev–Trinajstić information content (AvgIpc) is 3.26. The Morgan fingerprint density at radius 2 is 1.71 bits per heavy atom. The molecule has 2 aromatic carbocycles. The molecule has 1 unspecified atom stereocenters. The number of fused-ring (bicyclic) bond motifs is 1. The van der Waals surface area contributed by atoms with E-state index >= 15 is 0 Å². The van der Waals surface area contributed by atoms with Gasteiger partial charge in [-0.1, -0.05) is 41.4 Å². The maximum Gasteiger partial charge on any atom is 0.326 e. The molecule has 0 amide bonds. The number of ether oxygens (including phenoxy) is 1. The number of nitrogens with zero attached hydrogens (tertiary/aromatic N) is 2. The maximum absolute atomic E-state index is 12.2. The normalized spacial score (nSPS) is 19.9. The second-order valence-electron chi connectivity index (χ2n) is 9.12. The number of rotatable bonds is 6. The lowest BCUT2D eigenvalue weighted by Gasteiger charge is -2.42. The van der Waals surface area contributed by atoms with Crippen molar-refractivity contribution < 1.29 is 14.6 Å². The zero-order valence-corrected chi connectivity index (χ0v) is 21.2. The van der Waals surface area contributed by atoms with E-state index in [4.69, 9.17) is 27.9 Å². The number of piperidine rings is 2. The summed E-state index contributed by atoms with van der Waals surface area (Å²) in [5, 5.41) is 12.2. The van der Waals surface area contributed by atoms with Crippen molar-refractivity contribution in [1.29, 1.82) is 0 Å². The highest BCUT2D eigenvalue weighted by Gasteiger charge is 2.35. The third-order valence-corrected chi connectivity index (χ3v) is 8.91. The molecule has 2 fully saturated rings. The lowest BCUT2D eigenvalue weighted by molar-refractivity contribution is -0.144. The van der Waals surface area contributed by atoms with Gasteiger partial charge in [-0.3, -0.25) is 9.69 Å². The zero-order chi connectivity index (χ0) is 23.7. The van der Waals surface area contributed by atoms with Crippen LogP contribution >= 0.6 is 34.5 Å². The van der Waals surface area contributed by atoms with Crippen molar-refractivity contribution in [2.24, 2.45) is 0 Å². The molecule has 180 valence electrons. The molecule has 0 radical (unpaired) electrons. The number of carboxylic acid groups (broad SMARTS) is 1. The molecule has 0 aliphatic carbocycles. The quantitative estimate of drug-likeness (QED) is 0.412. The summed E-state index contributed by atoms with van der Waals surface area (Å²) in [4.78, 5) is 17.8. The minimum absolute atomic E-state index is 0.179. The first-order chi connectivity index (χ1) is 16.5. The Bertz CT molecular complexity index is 1120. The Kier molecular flexibility index (Phi) is 7.32. The van der Waals surface area contributed by atoms with Crippen LogP contribution in [-0.2, 0) is 4.79 Å². The summed E-state index contributed by atoms with van der Waals surface area (Å²) in [5.74, 6) is 0.00683. The largest absolute Gasteiger partial charge is 0.490 e. The molecule has 0 bridgehead atoms. The maximum atomic E-state index is 12.2. The molecule has 0 spiro atoms. The second-order valence-corrected chi connectivity index (χ2v) is 11.1. The fraction of sp³-hybridized carbons (Fsp3) is 0.423. The van der Waals surface area contributed by atoms with Crippen LogP contribution in [-0.4, -0.2) is 59.2 Å². The molecule has 2 aliphatic heterocycles. The molecule has 0 saturated carbocycles. The smallest absolute Gasteiger partial charge is 0.326 e. The van der Waals surface area contributed by atoms with Gasteiger partial charge in [0, 0.05) is 47.9 Å². The fourth-order valence-corrected chi connectivity index (χ4v) is 6.69. The molecule has 8 heteroatoms. The molecule has 3 aromatic rings. The lowest BCUT2D eigenvalue weighted by Crippen LogP contribution is -2.50. The average molecular weight is 519 g/mol. The zero-order valence-electron chi connectivity index (χ0n) is 18.8. The summed E-state index contributed by atoms with van der Waals surface area (Å²) in [6.07, 6.45) is 4.11. The fourth-order valence-electron chi connectivity index (χ4n) is 5.21. The van der Waals surface area contributed by atoms with Crippen molar-refractivity contribution >= 4 is 50.6 Å². The molecule has 3 heterocycles. The minimum Gasteiger partial charge on any atom is -0.490 e. The SMILES string of the molecule is O=C(O)C(c1cc2ccccc2s1)N1CCC(N2CCC(Oc3ccc(Cl)c(Cl)c3)CC2)CC1. The van der Waals surface area contributed by atoms with E-state index in [1.54, 1.807) is 23.5 Å². The number of likely N-dealkylation sites (tertiary alicyclic amines) is 2. The molecular weight excluding hydrogens is 491 g/mol. The highest BCUT2D eigenvalue weighted by Crippen LogP contribution is 2.35. The first kappa shape index (κ1) is 23.9. The predicted molar refractivity (Wildman–Crippen MR) is 138 cm³/mol. The third kappa shape index (κ3) is 5.21. The van der Waals surface area contributed by atoms with E-state index in [1.165, 1.54) is 0 Å². The first-order valence-corrected chi connectivity index (χ1v) is 13.4. The Morgan fingerprint density at radius 1 is 0.971 bits per heavy atom. The van der Waals surface area contributed by atoms with Crippen molar-refractivity contribution in [1.82, 2.24) is 9.80 Å². The Labute approximate surface area is 213 Å². The number of halogens is 2. The monoisotopic (exact) mass is 518 g/mol. The molecule has 1 atom stereocenters. The van der Waals surface area contributed by atoms with Crippen LogP contribution in [0, 0.1) is 0 Å². The van der Waals surface area contributed by atoms with Crippen molar-refractivity contribution in [3.05, 3.63) is 63.5 Å². The van der Waals surface area contributed by atoms with Crippen LogP contribution in [0.25, 0.3) is 10.1 Å². The van der Waals surface area contributed by atoms with E-state index in [-0.39, 0.29) is 6.10 Å². The van der Waals surface area contributed by atoms with Gasteiger partial charge < -0.3 is 14.7 Å². The van der Waals surface area contributed by atoms with Crippen LogP contribution in [0.4, 0.5) is 0 Å². The molecule has 1 aromatic heterocycles. The molecule has 1 N–H and O–H groups in total. The van der Waals surface area contributed by atoms with E-state index in [0.29, 0.717) is 16.1 Å². The van der Waals surface area contributed by atoms with Crippen molar-refractivity contribution in [2.75, 3.05) is 26.2 Å². The number of aliphatic carboxylic acids is 1. The van der Waals surface area contributed by atoms with E-state index < -0.39 is 12.0 Å². The predicted octanol–water partition coefficient (Wildman–Crippen LogP) is 6.34. The van der Waals surface area contributed by atoms with Gasteiger partial charge in [-0.15, -0.1) is 11.3 Å². The Hall–Kier alpha value is -1.83. The van der Waals surface area contributed by atoms with Crippen LogP contribution in [0.5, 0.6) is 5.75 Å². The van der Waals surface area contributed by atoms with Crippen LogP contribution in [0.3, 0.4) is 0 Å². The van der Waals surface area contributed by atoms with E-state index in [2.05, 4.69) is 21.9 Å². The molecular formula is C26H28Cl2N2O3S. The van der Waals surface area contributed by atoms with Gasteiger partial charge in [0.2, 0.25) is 0 Å². The van der Waals surface area contributed by atoms with E-state index in [1.807, 2.05) is 24.3 Å². The molecule has 34 heavy (non-hydrogen) atoms. The van der Waals surface area contributed by atoms with Gasteiger partial charge in [0.1, 0.15) is 17.9 Å². The number of thiophene rings is 1. The minimum atomic E-state index is -0.759. The molecule has 2 saturated heterocycles. The van der Waals surface area contributed by atoms with Gasteiger partial charge in [0.25, 0.3) is 0 Å². The van der Waals surface area contributed by atoms with Gasteiger partial charge in [-0.2, -0.15) is 0 Å². The van der Waals surface area contributed by atoms with Gasteiger partial charge in [0.05, 0.1) is 10.0 Å². The summed E-state index contributed by atoms with van der Waals surface area (Å²) in [6, 6.07) is 15.5. The number of hydrogen-bond donors (Lipinski definition) is 1. The van der Waals surface area contributed by atoms with E-state index in [9.17, 15) is 9.90 Å². The second kappa shape index (κ2) is 10.4. The van der Waals surface area contributed by atoms with Crippen LogP contribution in [0.1, 0.15) is 36.6 Å². The highest BCUT2D eigenvalue weighted by atomic mass is 35.5. The van der Waals surface area contributed by atoms with Crippen molar-refractivity contribution in [3.63, 3.8) is 0 Å². The van der Waals surface area contributed by atoms with Crippen LogP contribution in [0.2, 0.25) is 10.0 Å². The van der Waals surface area contributed by atoms with Crippen molar-refractivity contribution in [2.45, 2.75) is 43.9 Å². The van der Waals surface area contributed by atoms with Gasteiger partial charge in [0.15, 0.2) is 0 Å². The highest BCUT2D eigenvalue weighted by molar-refractivity contribution is 7.19. The number of carbonyl (C=O) groups is 1. The number of benzene rings is 2. The standard InChI is InChI=1S/C26H28Cl2N2O3S/c27-21-6-5-20(16-22(21)28)33-19-9-13-29(14-10-19)18-7-11-30(12-8-18)25(26(31)32)24-15-17-3-1-2-4-23(17)34-24/h1-6,15-16,18-19,25H,7-14H2,(H,31,32). The number of carboxylic acids is 1. The molecule has 2 aliphatic rings. The number of hydrogen-bond acceptors (Lipinski definition) is 5. The van der Waals surface area contributed by atoms with Gasteiger partial charge >= 0.3 is 5.97 Å². The topological polar surface area (TPSA) is 53.0 Å². The molecule has 5 nitrogen and oxygen atoms in total. The van der Waals surface area contributed by atoms with Crippen molar-refractivity contribution in [3.8, 4) is 5.75 Å². The summed E-state index contributed by atoms with van der Waals surface area (Å²) in [6.45, 7) is 3.59. The Balaban J connectivity index is 1.15. The lowest BCUT2D eigenvalue weighted by atomic mass is 9.97. The van der Waals surface area contributed by atoms with Gasteiger partial charge in [-0.25, -0.2) is 0 Å². The van der Waals surface area contributed by atoms with E-state index in [0.717, 1.165) is 72.6 Å². The van der Waals surface area contributed by atoms with Crippen LogP contribution < -0.4 is 4.74 Å². The first-order valence-electron chi connectivity index (χ1n) is 11.8. The van der Waals surface area contributed by atoms with Crippen LogP contribution in [0.15, 0.2) is 48.5 Å². The summed E-state index contributed by atoms with van der Waals surface area (Å²) in [5.41, 5.74) is 0. The summed E-state index contributed by atoms with van der Waals surface area (Å²) < 4.78 is 7.28. The summed E-state index contributed by atoms with van der Waals surface area (Å²) in [7, 11) is 0. The van der Waals surface area contributed by atoms with Gasteiger partial charge in [-0.05, 0) is 55.3 Å². The third-order valence-electron chi connectivity index (χ3n) is 7.00.